The maximum absolute atomic E-state index is 13.9. The Balaban J connectivity index is 1.47. The van der Waals surface area contributed by atoms with Crippen LogP contribution in [0, 0.1) is 11.6 Å². The van der Waals surface area contributed by atoms with Crippen LogP contribution < -0.4 is 9.64 Å². The molecule has 0 saturated carbocycles. The van der Waals surface area contributed by atoms with Crippen molar-refractivity contribution in [3.63, 3.8) is 0 Å². The van der Waals surface area contributed by atoms with Crippen molar-refractivity contribution in [3.8, 4) is 11.6 Å². The van der Waals surface area contributed by atoms with Gasteiger partial charge in [-0.05, 0) is 37.0 Å². The molecule has 1 aromatic heterocycles. The van der Waals surface area contributed by atoms with Gasteiger partial charge in [0.1, 0.15) is 5.75 Å². The lowest BCUT2D eigenvalue weighted by atomic mass is 9.94. The fourth-order valence-electron chi connectivity index (χ4n) is 4.81. The van der Waals surface area contributed by atoms with E-state index >= 15 is 0 Å². The average molecular weight is 479 g/mol. The molecule has 5 rings (SSSR count). The summed E-state index contributed by atoms with van der Waals surface area (Å²) in [6.45, 7) is 4.59. The Bertz CT molecular complexity index is 1220. The van der Waals surface area contributed by atoms with Crippen LogP contribution in [0.15, 0.2) is 48.5 Å². The molecule has 182 valence electrons. The van der Waals surface area contributed by atoms with Gasteiger partial charge in [-0.15, -0.1) is 0 Å². The van der Waals surface area contributed by atoms with Gasteiger partial charge in [0.05, 0.1) is 23.7 Å². The minimum absolute atomic E-state index is 0.0479. The molecule has 0 spiro atoms. The highest BCUT2D eigenvalue weighted by Crippen LogP contribution is 2.34. The molecule has 3 heterocycles. The smallest absolute Gasteiger partial charge is 0.230 e. The highest BCUT2D eigenvalue weighted by molar-refractivity contribution is 5.84. The molecule has 35 heavy (non-hydrogen) atoms. The van der Waals surface area contributed by atoms with Gasteiger partial charge in [-0.1, -0.05) is 37.3 Å². The summed E-state index contributed by atoms with van der Waals surface area (Å²) < 4.78 is 33.3. The lowest BCUT2D eigenvalue weighted by Gasteiger charge is -2.32. The maximum Gasteiger partial charge on any atom is 0.230 e. The lowest BCUT2D eigenvalue weighted by Crippen LogP contribution is -2.39. The highest BCUT2D eigenvalue weighted by atomic mass is 19.2. The van der Waals surface area contributed by atoms with Gasteiger partial charge in [0.25, 0.3) is 0 Å². The SMILES string of the molecule is CC[C@@H](C(=O)N1CCc2nc(N3CCCC3)nc(Oc3ccc(F)c(F)c3)c2C1)c1ccccc1. The predicted molar refractivity (Wildman–Crippen MR) is 129 cm³/mol. The third-order valence-corrected chi connectivity index (χ3v) is 6.72. The van der Waals surface area contributed by atoms with Gasteiger partial charge in [-0.3, -0.25) is 4.79 Å². The highest BCUT2D eigenvalue weighted by Gasteiger charge is 2.31. The quantitative estimate of drug-likeness (QED) is 0.486. The van der Waals surface area contributed by atoms with Crippen molar-refractivity contribution in [2.24, 2.45) is 0 Å². The topological polar surface area (TPSA) is 58.6 Å². The number of ether oxygens (including phenoxy) is 1. The molecule has 0 unspecified atom stereocenters. The Morgan fingerprint density at radius 2 is 1.80 bits per heavy atom. The fourth-order valence-corrected chi connectivity index (χ4v) is 4.81. The summed E-state index contributed by atoms with van der Waals surface area (Å²) in [5.74, 6) is -1.11. The van der Waals surface area contributed by atoms with Crippen LogP contribution >= 0.6 is 0 Å². The van der Waals surface area contributed by atoms with Crippen LogP contribution in [0.5, 0.6) is 11.6 Å². The molecule has 2 aromatic carbocycles. The predicted octanol–water partition coefficient (Wildman–Crippen LogP) is 5.23. The van der Waals surface area contributed by atoms with Gasteiger partial charge in [0, 0.05) is 32.1 Å². The zero-order valence-corrected chi connectivity index (χ0v) is 19.7. The van der Waals surface area contributed by atoms with Gasteiger partial charge in [0.15, 0.2) is 11.6 Å². The van der Waals surface area contributed by atoms with Crippen molar-refractivity contribution in [1.82, 2.24) is 14.9 Å². The standard InChI is InChI=1S/C27H28F2N4O2/c1-2-20(18-8-4-3-5-9-18)26(34)33-15-12-24-21(17-33)25(31-27(30-24)32-13-6-7-14-32)35-19-10-11-22(28)23(29)16-19/h3-5,8-11,16,20H,2,6-7,12-15,17H2,1H3/t20-/m1/s1. The maximum atomic E-state index is 13.9. The van der Waals surface area contributed by atoms with Crippen molar-refractivity contribution in [1.29, 1.82) is 0 Å². The van der Waals surface area contributed by atoms with E-state index in [0.29, 0.717) is 37.4 Å². The van der Waals surface area contributed by atoms with Crippen LogP contribution in [0.1, 0.15) is 48.9 Å². The fraction of sp³-hybridized carbons (Fsp3) is 0.370. The molecule has 8 heteroatoms. The minimum Gasteiger partial charge on any atom is -0.438 e. The van der Waals surface area contributed by atoms with Crippen LogP contribution in [0.3, 0.4) is 0 Å². The molecule has 2 aliphatic rings. The first-order valence-electron chi connectivity index (χ1n) is 12.1. The number of carbonyl (C=O) groups excluding carboxylic acids is 1. The van der Waals surface area contributed by atoms with E-state index in [-0.39, 0.29) is 23.5 Å². The molecule has 0 bridgehead atoms. The lowest BCUT2D eigenvalue weighted by molar-refractivity contribution is -0.133. The van der Waals surface area contributed by atoms with Gasteiger partial charge in [-0.25, -0.2) is 13.8 Å². The first kappa shape index (κ1) is 23.2. The van der Waals surface area contributed by atoms with E-state index in [4.69, 9.17) is 9.72 Å². The molecule has 0 N–H and O–H groups in total. The number of rotatable bonds is 6. The number of hydrogen-bond acceptors (Lipinski definition) is 5. The minimum atomic E-state index is -0.990. The van der Waals surface area contributed by atoms with Crippen LogP contribution in [0.2, 0.25) is 0 Å². The summed E-state index contributed by atoms with van der Waals surface area (Å²) in [5.41, 5.74) is 2.53. The van der Waals surface area contributed by atoms with E-state index in [1.54, 1.807) is 0 Å². The van der Waals surface area contributed by atoms with Gasteiger partial charge < -0.3 is 14.5 Å². The van der Waals surface area contributed by atoms with Crippen LogP contribution in [-0.2, 0) is 17.8 Å². The zero-order chi connectivity index (χ0) is 24.4. The summed E-state index contributed by atoms with van der Waals surface area (Å²) in [6.07, 6.45) is 3.40. The molecular weight excluding hydrogens is 450 g/mol. The molecular formula is C27H28F2N4O2. The summed E-state index contributed by atoms with van der Waals surface area (Å²) >= 11 is 0. The second kappa shape index (κ2) is 9.98. The van der Waals surface area contributed by atoms with Crippen molar-refractivity contribution in [2.45, 2.75) is 45.1 Å². The van der Waals surface area contributed by atoms with E-state index in [2.05, 4.69) is 9.88 Å². The van der Waals surface area contributed by atoms with Gasteiger partial charge in [-0.2, -0.15) is 4.98 Å². The first-order chi connectivity index (χ1) is 17.0. The zero-order valence-electron chi connectivity index (χ0n) is 19.7. The third kappa shape index (κ3) is 4.83. The monoisotopic (exact) mass is 478 g/mol. The van der Waals surface area contributed by atoms with Crippen molar-refractivity contribution in [2.75, 3.05) is 24.5 Å². The molecule has 0 radical (unpaired) electrons. The Morgan fingerprint density at radius 1 is 1.03 bits per heavy atom. The molecule has 0 aliphatic carbocycles. The van der Waals surface area contributed by atoms with Crippen molar-refractivity contribution in [3.05, 3.63) is 77.0 Å². The molecule has 6 nitrogen and oxygen atoms in total. The van der Waals surface area contributed by atoms with E-state index in [1.165, 1.54) is 6.07 Å². The van der Waals surface area contributed by atoms with Crippen molar-refractivity contribution >= 4 is 11.9 Å². The molecule has 1 saturated heterocycles. The van der Waals surface area contributed by atoms with E-state index in [1.807, 2.05) is 42.2 Å². The number of anilines is 1. The number of nitrogens with zero attached hydrogens (tertiary/aromatic N) is 4. The van der Waals surface area contributed by atoms with Crippen LogP contribution in [0.4, 0.5) is 14.7 Å². The first-order valence-corrected chi connectivity index (χ1v) is 12.1. The van der Waals surface area contributed by atoms with Gasteiger partial charge >= 0.3 is 0 Å². The summed E-state index contributed by atoms with van der Waals surface area (Å²) in [6, 6.07) is 13.2. The normalized spacial score (nSPS) is 16.2. The average Bonchev–Trinajstić information content (AvgIpc) is 3.42. The Labute approximate surface area is 203 Å². The second-order valence-corrected chi connectivity index (χ2v) is 9.01. The second-order valence-electron chi connectivity index (χ2n) is 9.01. The number of amides is 1. The molecule has 1 amide bonds. The molecule has 3 aromatic rings. The number of hydrogen-bond donors (Lipinski definition) is 0. The van der Waals surface area contributed by atoms with E-state index in [9.17, 15) is 13.6 Å². The summed E-state index contributed by atoms with van der Waals surface area (Å²) in [4.78, 5) is 26.9. The molecule has 1 fully saturated rings. The number of carbonyl (C=O) groups is 1. The molecule has 2 aliphatic heterocycles. The Morgan fingerprint density at radius 3 is 2.51 bits per heavy atom. The van der Waals surface area contributed by atoms with Crippen LogP contribution in [0.25, 0.3) is 0 Å². The largest absolute Gasteiger partial charge is 0.438 e. The number of aromatic nitrogens is 2. The van der Waals surface area contributed by atoms with E-state index < -0.39 is 11.6 Å². The van der Waals surface area contributed by atoms with Crippen LogP contribution in [-0.4, -0.2) is 40.4 Å². The molecule has 1 atom stereocenters. The Kier molecular flexibility index (Phi) is 6.61. The van der Waals surface area contributed by atoms with E-state index in [0.717, 1.165) is 49.3 Å². The summed E-state index contributed by atoms with van der Waals surface area (Å²) in [5, 5.41) is 0. The van der Waals surface area contributed by atoms with Gasteiger partial charge in [0.2, 0.25) is 17.7 Å². The van der Waals surface area contributed by atoms with Crippen molar-refractivity contribution < 1.29 is 18.3 Å². The summed E-state index contributed by atoms with van der Waals surface area (Å²) in [7, 11) is 0. The number of fused-ring (bicyclic) bond motifs is 1. The third-order valence-electron chi connectivity index (χ3n) is 6.72. The number of halogens is 2. The Hall–Kier alpha value is -3.55. The number of benzene rings is 2.